The summed E-state index contributed by atoms with van der Waals surface area (Å²) in [5, 5.41) is 0. The van der Waals surface area contributed by atoms with Crippen LogP contribution in [0.1, 0.15) is 71.1 Å². The molecule has 1 aliphatic rings. The van der Waals surface area contributed by atoms with Gasteiger partial charge in [0, 0.05) is 13.5 Å². The third-order valence-corrected chi connectivity index (χ3v) is 3.68. The van der Waals surface area contributed by atoms with Gasteiger partial charge in [0.1, 0.15) is 6.10 Å². The molecule has 1 heterocycles. The van der Waals surface area contributed by atoms with Crippen molar-refractivity contribution in [1.29, 1.82) is 0 Å². The molecule has 1 rings (SSSR count). The molecule has 3 heteroatoms. The van der Waals surface area contributed by atoms with Crippen LogP contribution in [0.4, 0.5) is 0 Å². The Kier molecular flexibility index (Phi) is 8.06. The zero-order valence-corrected chi connectivity index (χ0v) is 12.0. The van der Waals surface area contributed by atoms with Crippen LogP contribution in [0.25, 0.3) is 0 Å². The Morgan fingerprint density at radius 1 is 1.22 bits per heavy atom. The average Bonchev–Trinajstić information content (AvgIpc) is 2.34. The number of hydrogen-bond donors (Lipinski definition) is 0. The number of esters is 1. The van der Waals surface area contributed by atoms with Crippen molar-refractivity contribution in [2.24, 2.45) is 0 Å². The normalized spacial score (nSPS) is 20.3. The molecule has 0 bridgehead atoms. The maximum Gasteiger partial charge on any atom is 0.309 e. The number of carbonyl (C=O) groups excluding carboxylic acids is 1. The van der Waals surface area contributed by atoms with E-state index in [1.54, 1.807) is 7.11 Å². The third kappa shape index (κ3) is 6.39. The maximum absolute atomic E-state index is 10.7. The highest BCUT2D eigenvalue weighted by Crippen LogP contribution is 2.22. The Hall–Kier alpha value is -0.570. The lowest BCUT2D eigenvalue weighted by atomic mass is 10.00. The summed E-state index contributed by atoms with van der Waals surface area (Å²) in [5.74, 6) is -0.0641. The summed E-state index contributed by atoms with van der Waals surface area (Å²) in [4.78, 5) is 10.7. The summed E-state index contributed by atoms with van der Waals surface area (Å²) in [6, 6.07) is 0. The van der Waals surface area contributed by atoms with E-state index in [2.05, 4.69) is 6.92 Å². The lowest BCUT2D eigenvalue weighted by molar-refractivity contribution is -0.172. The summed E-state index contributed by atoms with van der Waals surface area (Å²) >= 11 is 0. The molecule has 0 spiro atoms. The molecule has 0 aromatic heterocycles. The molecule has 0 aliphatic carbocycles. The van der Waals surface area contributed by atoms with Crippen LogP contribution in [0, 0.1) is 0 Å². The molecule has 106 valence electrons. The van der Waals surface area contributed by atoms with Crippen LogP contribution in [-0.2, 0) is 14.3 Å². The second-order valence-corrected chi connectivity index (χ2v) is 5.32. The van der Waals surface area contributed by atoms with Crippen LogP contribution in [-0.4, -0.2) is 25.3 Å². The van der Waals surface area contributed by atoms with E-state index < -0.39 is 0 Å². The molecule has 18 heavy (non-hydrogen) atoms. The lowest BCUT2D eigenvalue weighted by Gasteiger charge is -2.28. The van der Waals surface area contributed by atoms with Crippen molar-refractivity contribution in [3.8, 4) is 0 Å². The fraction of sp³-hybridized carbons (Fsp3) is 0.933. The van der Waals surface area contributed by atoms with Crippen LogP contribution >= 0.6 is 0 Å². The molecule has 0 N–H and O–H groups in total. The van der Waals surface area contributed by atoms with Crippen molar-refractivity contribution in [3.05, 3.63) is 0 Å². The van der Waals surface area contributed by atoms with Gasteiger partial charge in [-0.1, -0.05) is 51.9 Å². The Balaban J connectivity index is 1.93. The first-order valence-corrected chi connectivity index (χ1v) is 7.48. The molecule has 0 amide bonds. The van der Waals surface area contributed by atoms with Gasteiger partial charge in [-0.3, -0.25) is 4.79 Å². The zero-order chi connectivity index (χ0) is 13.2. The fourth-order valence-electron chi connectivity index (χ4n) is 2.45. The highest BCUT2D eigenvalue weighted by atomic mass is 16.6. The lowest BCUT2D eigenvalue weighted by Crippen LogP contribution is -2.36. The predicted octanol–water partition coefficient (Wildman–Crippen LogP) is 3.85. The average molecular weight is 256 g/mol. The van der Waals surface area contributed by atoms with Gasteiger partial charge in [-0.05, 0) is 6.42 Å². The van der Waals surface area contributed by atoms with E-state index in [4.69, 9.17) is 9.47 Å². The molecule has 2 atom stereocenters. The second kappa shape index (κ2) is 9.37. The van der Waals surface area contributed by atoms with E-state index in [0.717, 1.165) is 12.8 Å². The van der Waals surface area contributed by atoms with Crippen molar-refractivity contribution in [2.75, 3.05) is 7.11 Å². The van der Waals surface area contributed by atoms with E-state index in [1.165, 1.54) is 44.9 Å². The Labute approximate surface area is 111 Å². The molecule has 0 aromatic carbocycles. The van der Waals surface area contributed by atoms with Crippen molar-refractivity contribution in [2.45, 2.75) is 83.3 Å². The largest absolute Gasteiger partial charge is 0.462 e. The fourth-order valence-corrected chi connectivity index (χ4v) is 2.45. The number of cyclic esters (lactones) is 1. The first-order valence-electron chi connectivity index (χ1n) is 7.48. The minimum absolute atomic E-state index is 0.0641. The van der Waals surface area contributed by atoms with E-state index in [1.807, 2.05) is 0 Å². The first-order chi connectivity index (χ1) is 8.76. The van der Waals surface area contributed by atoms with Crippen molar-refractivity contribution >= 4 is 5.97 Å². The van der Waals surface area contributed by atoms with Gasteiger partial charge in [-0.2, -0.15) is 0 Å². The van der Waals surface area contributed by atoms with Crippen LogP contribution in [0.15, 0.2) is 0 Å². The SMILES string of the molecule is CCCCCCCCC[C@@H](C[C@@H]1CC(=O)O1)OC. The van der Waals surface area contributed by atoms with Crippen molar-refractivity contribution in [3.63, 3.8) is 0 Å². The molecular formula is C15H28O3. The van der Waals surface area contributed by atoms with Gasteiger partial charge in [0.15, 0.2) is 0 Å². The summed E-state index contributed by atoms with van der Waals surface area (Å²) in [5.41, 5.74) is 0. The highest BCUT2D eigenvalue weighted by molar-refractivity contribution is 5.75. The van der Waals surface area contributed by atoms with Gasteiger partial charge in [0.05, 0.1) is 12.5 Å². The number of ether oxygens (including phenoxy) is 2. The van der Waals surface area contributed by atoms with Crippen LogP contribution < -0.4 is 0 Å². The van der Waals surface area contributed by atoms with E-state index in [-0.39, 0.29) is 18.2 Å². The quantitative estimate of drug-likeness (QED) is 0.416. The molecule has 3 nitrogen and oxygen atoms in total. The standard InChI is InChI=1S/C15H28O3/c1-3-4-5-6-7-8-9-10-13(17-2)11-14-12-15(16)18-14/h13-14H,3-12H2,1-2H3/t13-,14+/m0/s1. The van der Waals surface area contributed by atoms with Gasteiger partial charge in [0.2, 0.25) is 0 Å². The van der Waals surface area contributed by atoms with E-state index >= 15 is 0 Å². The molecule has 0 unspecified atom stereocenters. The summed E-state index contributed by atoms with van der Waals surface area (Å²) in [6.07, 6.45) is 12.2. The van der Waals surface area contributed by atoms with E-state index in [9.17, 15) is 4.79 Å². The summed E-state index contributed by atoms with van der Waals surface area (Å²) < 4.78 is 10.5. The summed E-state index contributed by atoms with van der Waals surface area (Å²) in [7, 11) is 1.76. The smallest absolute Gasteiger partial charge is 0.309 e. The molecular weight excluding hydrogens is 228 g/mol. The molecule has 1 aliphatic heterocycles. The Morgan fingerprint density at radius 3 is 2.39 bits per heavy atom. The van der Waals surface area contributed by atoms with Gasteiger partial charge < -0.3 is 9.47 Å². The summed E-state index contributed by atoms with van der Waals surface area (Å²) in [6.45, 7) is 2.25. The van der Waals surface area contributed by atoms with Crippen molar-refractivity contribution in [1.82, 2.24) is 0 Å². The van der Waals surface area contributed by atoms with Gasteiger partial charge in [0.25, 0.3) is 0 Å². The maximum atomic E-state index is 10.7. The first kappa shape index (κ1) is 15.5. The Morgan fingerprint density at radius 2 is 1.83 bits per heavy atom. The molecule has 0 radical (unpaired) electrons. The van der Waals surface area contributed by atoms with Gasteiger partial charge >= 0.3 is 5.97 Å². The van der Waals surface area contributed by atoms with Crippen LogP contribution in [0.3, 0.4) is 0 Å². The number of rotatable bonds is 11. The minimum Gasteiger partial charge on any atom is -0.462 e. The number of hydrogen-bond acceptors (Lipinski definition) is 3. The van der Waals surface area contributed by atoms with Crippen LogP contribution in [0.2, 0.25) is 0 Å². The monoisotopic (exact) mass is 256 g/mol. The topological polar surface area (TPSA) is 35.5 Å². The Bertz CT molecular complexity index is 220. The number of unbranched alkanes of at least 4 members (excludes halogenated alkanes) is 6. The molecule has 1 saturated heterocycles. The van der Waals surface area contributed by atoms with Crippen LogP contribution in [0.5, 0.6) is 0 Å². The third-order valence-electron chi connectivity index (χ3n) is 3.68. The molecule has 0 saturated carbocycles. The van der Waals surface area contributed by atoms with E-state index in [0.29, 0.717) is 6.42 Å². The zero-order valence-electron chi connectivity index (χ0n) is 12.0. The number of carbonyl (C=O) groups is 1. The van der Waals surface area contributed by atoms with Gasteiger partial charge in [-0.15, -0.1) is 0 Å². The minimum atomic E-state index is -0.0641. The van der Waals surface area contributed by atoms with Crippen molar-refractivity contribution < 1.29 is 14.3 Å². The highest BCUT2D eigenvalue weighted by Gasteiger charge is 2.30. The number of methoxy groups -OCH3 is 1. The van der Waals surface area contributed by atoms with Gasteiger partial charge in [-0.25, -0.2) is 0 Å². The predicted molar refractivity (Wildman–Crippen MR) is 72.5 cm³/mol. The molecule has 1 fully saturated rings. The second-order valence-electron chi connectivity index (χ2n) is 5.32. The molecule has 0 aromatic rings.